The van der Waals surface area contributed by atoms with Crippen LogP contribution >= 0.6 is 15.9 Å². The third-order valence-corrected chi connectivity index (χ3v) is 3.54. The van der Waals surface area contributed by atoms with Crippen molar-refractivity contribution in [3.8, 4) is 0 Å². The molecule has 1 aromatic carbocycles. The normalized spacial score (nSPS) is 11.7. The Kier molecular flexibility index (Phi) is 3.85. The van der Waals surface area contributed by atoms with Crippen LogP contribution in [0.3, 0.4) is 0 Å². The highest BCUT2D eigenvalue weighted by molar-refractivity contribution is 9.10. The van der Waals surface area contributed by atoms with Crippen LogP contribution in [0, 0.1) is 0 Å². The Morgan fingerprint density at radius 1 is 1.17 bits per heavy atom. The quantitative estimate of drug-likeness (QED) is 0.686. The molecule has 0 saturated carbocycles. The second kappa shape index (κ2) is 5.69. The van der Waals surface area contributed by atoms with E-state index in [1.165, 1.54) is 24.4 Å². The van der Waals surface area contributed by atoms with E-state index in [0.717, 1.165) is 12.1 Å². The molecular weight excluding hydrogens is 377 g/mol. The zero-order valence-electron chi connectivity index (χ0n) is 11.3. The van der Waals surface area contributed by atoms with Gasteiger partial charge in [-0.25, -0.2) is 0 Å². The molecule has 0 aliphatic rings. The molecule has 2 aromatic heterocycles. The van der Waals surface area contributed by atoms with Crippen molar-refractivity contribution in [2.45, 2.75) is 6.18 Å². The van der Waals surface area contributed by atoms with E-state index >= 15 is 0 Å². The van der Waals surface area contributed by atoms with Crippen molar-refractivity contribution in [2.24, 2.45) is 0 Å². The maximum atomic E-state index is 12.8. The zero-order valence-corrected chi connectivity index (χ0v) is 12.9. The molecule has 0 saturated heterocycles. The second-order valence-corrected chi connectivity index (χ2v) is 5.43. The molecule has 0 aliphatic carbocycles. The summed E-state index contributed by atoms with van der Waals surface area (Å²) in [5, 5.41) is 2.73. The number of nitrogens with zero attached hydrogens (tertiary/aromatic N) is 1. The van der Waals surface area contributed by atoms with E-state index in [2.05, 4.69) is 26.2 Å². The van der Waals surface area contributed by atoms with Crippen molar-refractivity contribution in [1.82, 2.24) is 4.98 Å². The van der Waals surface area contributed by atoms with Gasteiger partial charge in [0.15, 0.2) is 10.4 Å². The highest BCUT2D eigenvalue weighted by atomic mass is 79.9. The lowest BCUT2D eigenvalue weighted by atomic mass is 10.1. The molecule has 4 nitrogen and oxygen atoms in total. The molecule has 0 aliphatic heterocycles. The first-order chi connectivity index (χ1) is 10.8. The van der Waals surface area contributed by atoms with Gasteiger partial charge < -0.3 is 9.73 Å². The number of hydrogen-bond donors (Lipinski definition) is 1. The van der Waals surface area contributed by atoms with Crippen LogP contribution in [0.5, 0.6) is 0 Å². The van der Waals surface area contributed by atoms with Gasteiger partial charge in [-0.15, -0.1) is 0 Å². The molecule has 3 aromatic rings. The van der Waals surface area contributed by atoms with Gasteiger partial charge in [0.25, 0.3) is 5.91 Å². The van der Waals surface area contributed by atoms with Gasteiger partial charge >= 0.3 is 6.18 Å². The number of rotatable bonds is 2. The highest BCUT2D eigenvalue weighted by Crippen LogP contribution is 2.33. The Bertz CT molecular complexity index is 890. The molecule has 23 heavy (non-hydrogen) atoms. The second-order valence-electron chi connectivity index (χ2n) is 4.65. The van der Waals surface area contributed by atoms with Crippen molar-refractivity contribution in [3.05, 3.63) is 58.6 Å². The SMILES string of the molecule is O=C(Nc1ccnc2ccc(C(F)(F)F)cc12)c1ccc(Br)o1. The number of furan rings is 1. The average Bonchev–Trinajstić information content (AvgIpc) is 2.93. The smallest absolute Gasteiger partial charge is 0.416 e. The molecule has 0 fully saturated rings. The Balaban J connectivity index is 2.01. The maximum absolute atomic E-state index is 12.8. The number of benzene rings is 1. The van der Waals surface area contributed by atoms with Crippen LogP contribution in [-0.2, 0) is 6.18 Å². The number of fused-ring (bicyclic) bond motifs is 1. The Morgan fingerprint density at radius 2 is 1.96 bits per heavy atom. The molecule has 2 heterocycles. The highest BCUT2D eigenvalue weighted by Gasteiger charge is 2.30. The van der Waals surface area contributed by atoms with Gasteiger partial charge in [0.1, 0.15) is 0 Å². The number of nitrogens with one attached hydrogen (secondary N) is 1. The van der Waals surface area contributed by atoms with Crippen LogP contribution in [0.1, 0.15) is 16.1 Å². The molecule has 8 heteroatoms. The van der Waals surface area contributed by atoms with Crippen LogP contribution in [0.2, 0.25) is 0 Å². The number of carbonyl (C=O) groups excluding carboxylic acids is 1. The monoisotopic (exact) mass is 384 g/mol. The topological polar surface area (TPSA) is 55.1 Å². The van der Waals surface area contributed by atoms with Gasteiger partial charge in [-0.3, -0.25) is 9.78 Å². The number of pyridine rings is 1. The molecule has 118 valence electrons. The van der Waals surface area contributed by atoms with E-state index < -0.39 is 17.6 Å². The van der Waals surface area contributed by atoms with Crippen molar-refractivity contribution in [1.29, 1.82) is 0 Å². The lowest BCUT2D eigenvalue weighted by molar-refractivity contribution is -0.137. The number of halogens is 4. The van der Waals surface area contributed by atoms with E-state index in [4.69, 9.17) is 4.42 Å². The van der Waals surface area contributed by atoms with Crippen molar-refractivity contribution < 1.29 is 22.4 Å². The van der Waals surface area contributed by atoms with Gasteiger partial charge in [-0.1, -0.05) is 0 Å². The molecule has 0 spiro atoms. The fraction of sp³-hybridized carbons (Fsp3) is 0.0667. The van der Waals surface area contributed by atoms with Crippen LogP contribution < -0.4 is 5.32 Å². The van der Waals surface area contributed by atoms with Gasteiger partial charge in [0.05, 0.1) is 16.8 Å². The van der Waals surface area contributed by atoms with Crippen LogP contribution in [0.4, 0.5) is 18.9 Å². The minimum atomic E-state index is -4.48. The number of alkyl halides is 3. The number of aromatic nitrogens is 1. The van der Waals surface area contributed by atoms with Crippen LogP contribution in [0.15, 0.2) is 51.7 Å². The van der Waals surface area contributed by atoms with Crippen molar-refractivity contribution >= 4 is 38.4 Å². The van der Waals surface area contributed by atoms with Gasteiger partial charge in [-0.05, 0) is 52.3 Å². The summed E-state index contributed by atoms with van der Waals surface area (Å²) in [6, 6.07) is 7.58. The molecule has 0 unspecified atom stereocenters. The predicted molar refractivity (Wildman–Crippen MR) is 81.1 cm³/mol. The maximum Gasteiger partial charge on any atom is 0.416 e. The summed E-state index contributed by atoms with van der Waals surface area (Å²) in [4.78, 5) is 16.1. The minimum Gasteiger partial charge on any atom is -0.444 e. The van der Waals surface area contributed by atoms with E-state index in [1.54, 1.807) is 6.07 Å². The van der Waals surface area contributed by atoms with Crippen molar-refractivity contribution in [3.63, 3.8) is 0 Å². The van der Waals surface area contributed by atoms with Crippen LogP contribution in [-0.4, -0.2) is 10.9 Å². The Labute approximate surface area is 136 Å². The predicted octanol–water partition coefficient (Wildman–Crippen LogP) is 4.86. The minimum absolute atomic E-state index is 0.0359. The fourth-order valence-electron chi connectivity index (χ4n) is 2.05. The van der Waals surface area contributed by atoms with E-state index in [9.17, 15) is 18.0 Å². The molecule has 0 radical (unpaired) electrons. The summed E-state index contributed by atoms with van der Waals surface area (Å²) in [5.41, 5.74) is -0.246. The Morgan fingerprint density at radius 3 is 2.61 bits per heavy atom. The third-order valence-electron chi connectivity index (χ3n) is 3.11. The van der Waals surface area contributed by atoms with Crippen LogP contribution in [0.25, 0.3) is 10.9 Å². The lowest BCUT2D eigenvalue weighted by Crippen LogP contribution is -2.11. The molecule has 1 amide bonds. The van der Waals surface area contributed by atoms with Gasteiger partial charge in [-0.2, -0.15) is 13.2 Å². The Hall–Kier alpha value is -2.35. The molecule has 0 bridgehead atoms. The lowest BCUT2D eigenvalue weighted by Gasteiger charge is -2.10. The summed E-state index contributed by atoms with van der Waals surface area (Å²) in [6.07, 6.45) is -3.07. The number of anilines is 1. The van der Waals surface area contributed by atoms with Gasteiger partial charge in [0.2, 0.25) is 0 Å². The summed E-state index contributed by atoms with van der Waals surface area (Å²) in [6.45, 7) is 0. The first-order valence-corrected chi connectivity index (χ1v) is 7.16. The molecular formula is C15H8BrF3N2O2. The number of amides is 1. The number of hydrogen-bond acceptors (Lipinski definition) is 3. The largest absolute Gasteiger partial charge is 0.444 e. The first kappa shape index (κ1) is 15.5. The summed E-state index contributed by atoms with van der Waals surface area (Å²) >= 11 is 3.08. The van der Waals surface area contributed by atoms with Crippen molar-refractivity contribution in [2.75, 3.05) is 5.32 Å². The third kappa shape index (κ3) is 3.21. The zero-order chi connectivity index (χ0) is 16.6. The van der Waals surface area contributed by atoms with E-state index in [-0.39, 0.29) is 16.8 Å². The summed E-state index contributed by atoms with van der Waals surface area (Å²) < 4.78 is 44.0. The fourth-order valence-corrected chi connectivity index (χ4v) is 2.36. The summed E-state index contributed by atoms with van der Waals surface area (Å²) in [7, 11) is 0. The molecule has 0 atom stereocenters. The average molecular weight is 385 g/mol. The van der Waals surface area contributed by atoms with Gasteiger partial charge in [0, 0.05) is 11.6 Å². The number of carbonyl (C=O) groups is 1. The first-order valence-electron chi connectivity index (χ1n) is 6.37. The molecule has 1 N–H and O–H groups in total. The standard InChI is InChI=1S/C15H8BrF3N2O2/c16-13-4-3-12(23-13)14(22)21-11-5-6-20-10-2-1-8(7-9(10)11)15(17,18)19/h1-7H,(H,20,21,22). The summed E-state index contributed by atoms with van der Waals surface area (Å²) in [5.74, 6) is -0.533. The van der Waals surface area contributed by atoms with E-state index in [1.807, 2.05) is 0 Å². The van der Waals surface area contributed by atoms with E-state index in [0.29, 0.717) is 10.2 Å². The molecule has 3 rings (SSSR count).